The van der Waals surface area contributed by atoms with Gasteiger partial charge in [-0.2, -0.15) is 0 Å². The lowest BCUT2D eigenvalue weighted by atomic mass is 9.90. The van der Waals surface area contributed by atoms with E-state index in [2.05, 4.69) is 5.43 Å². The molecule has 32 heavy (non-hydrogen) atoms. The fourth-order valence-electron chi connectivity index (χ4n) is 4.57. The summed E-state index contributed by atoms with van der Waals surface area (Å²) < 4.78 is 10.8. The first kappa shape index (κ1) is 20.1. The van der Waals surface area contributed by atoms with Crippen LogP contribution in [-0.2, 0) is 9.59 Å². The Hall–Kier alpha value is -3.84. The summed E-state index contributed by atoms with van der Waals surface area (Å²) in [6.45, 7) is 0. The summed E-state index contributed by atoms with van der Waals surface area (Å²) >= 11 is 0. The molecule has 1 N–H and O–H groups in total. The van der Waals surface area contributed by atoms with Crippen LogP contribution in [0.5, 0.6) is 11.5 Å². The third kappa shape index (κ3) is 3.09. The number of amides is 2. The standard InChI is InChI=1S/C25H23N3O4/c1-31-19-14-13-16(15-20(19)32-2)22-21-23(28(26-22)18-11-7-4-8-12-18)25(30)27(24(21)29)17-9-5-3-6-10-17/h3-15,21-23,26H,1-2H3. The lowest BCUT2D eigenvalue weighted by Crippen LogP contribution is -2.45. The minimum absolute atomic E-state index is 0.225. The first-order valence-electron chi connectivity index (χ1n) is 10.4. The molecule has 2 heterocycles. The van der Waals surface area contributed by atoms with Crippen LogP contribution in [0.25, 0.3) is 0 Å². The van der Waals surface area contributed by atoms with E-state index in [0.29, 0.717) is 17.2 Å². The number of benzene rings is 3. The van der Waals surface area contributed by atoms with Crippen molar-refractivity contribution in [3.63, 3.8) is 0 Å². The highest BCUT2D eigenvalue weighted by atomic mass is 16.5. The number of nitrogens with one attached hydrogen (secondary N) is 1. The number of anilines is 2. The zero-order valence-corrected chi connectivity index (χ0v) is 17.8. The predicted octanol–water partition coefficient (Wildman–Crippen LogP) is 3.33. The maximum Gasteiger partial charge on any atom is 0.258 e. The fraction of sp³-hybridized carbons (Fsp3) is 0.200. The molecule has 2 fully saturated rings. The van der Waals surface area contributed by atoms with Gasteiger partial charge in [0.15, 0.2) is 11.5 Å². The van der Waals surface area contributed by atoms with Crippen LogP contribution in [0, 0.1) is 5.92 Å². The summed E-state index contributed by atoms with van der Waals surface area (Å²) in [5.41, 5.74) is 5.66. The zero-order valence-electron chi connectivity index (χ0n) is 17.8. The molecule has 3 atom stereocenters. The number of carbonyl (C=O) groups excluding carboxylic acids is 2. The van der Waals surface area contributed by atoms with Crippen molar-refractivity contribution in [3.05, 3.63) is 84.4 Å². The number of methoxy groups -OCH3 is 2. The largest absolute Gasteiger partial charge is 0.493 e. The number of ether oxygens (including phenoxy) is 2. The Bertz CT molecular complexity index is 1150. The molecule has 0 radical (unpaired) electrons. The quantitative estimate of drug-likeness (QED) is 0.628. The molecule has 0 spiro atoms. The van der Waals surface area contributed by atoms with E-state index in [1.165, 1.54) is 4.90 Å². The third-order valence-corrected chi connectivity index (χ3v) is 6.05. The first-order chi connectivity index (χ1) is 15.6. The Morgan fingerprint density at radius 3 is 2.00 bits per heavy atom. The van der Waals surface area contributed by atoms with Crippen LogP contribution in [0.3, 0.4) is 0 Å². The van der Waals surface area contributed by atoms with Gasteiger partial charge in [-0.1, -0.05) is 42.5 Å². The summed E-state index contributed by atoms with van der Waals surface area (Å²) in [4.78, 5) is 28.5. The second-order valence-corrected chi connectivity index (χ2v) is 7.74. The topological polar surface area (TPSA) is 71.1 Å². The normalized spacial score (nSPS) is 22.2. The molecule has 0 aliphatic carbocycles. The van der Waals surface area contributed by atoms with Gasteiger partial charge in [0.05, 0.1) is 37.6 Å². The number of imide groups is 1. The number of rotatable bonds is 5. The highest BCUT2D eigenvalue weighted by molar-refractivity contribution is 6.25. The number of hydrazine groups is 1. The van der Waals surface area contributed by atoms with Crippen LogP contribution in [-0.4, -0.2) is 32.1 Å². The molecule has 3 aromatic rings. The predicted molar refractivity (Wildman–Crippen MR) is 121 cm³/mol. The van der Waals surface area contributed by atoms with Crippen LogP contribution in [0.4, 0.5) is 11.4 Å². The number of para-hydroxylation sites is 2. The number of carbonyl (C=O) groups is 2. The van der Waals surface area contributed by atoms with E-state index in [4.69, 9.17) is 9.47 Å². The van der Waals surface area contributed by atoms with E-state index in [1.54, 1.807) is 26.4 Å². The molecule has 3 aromatic carbocycles. The van der Waals surface area contributed by atoms with Crippen LogP contribution in [0.15, 0.2) is 78.9 Å². The van der Waals surface area contributed by atoms with Crippen molar-refractivity contribution in [3.8, 4) is 11.5 Å². The van der Waals surface area contributed by atoms with Gasteiger partial charge in [-0.3, -0.25) is 14.6 Å². The molecule has 2 saturated heterocycles. The molecular weight excluding hydrogens is 406 g/mol. The first-order valence-corrected chi connectivity index (χ1v) is 10.4. The molecule has 0 aromatic heterocycles. The van der Waals surface area contributed by atoms with Crippen LogP contribution >= 0.6 is 0 Å². The van der Waals surface area contributed by atoms with Gasteiger partial charge in [-0.15, -0.1) is 0 Å². The van der Waals surface area contributed by atoms with E-state index in [1.807, 2.05) is 71.7 Å². The summed E-state index contributed by atoms with van der Waals surface area (Å²) in [6.07, 6.45) is 0. The zero-order chi connectivity index (χ0) is 22.2. The van der Waals surface area contributed by atoms with E-state index in [9.17, 15) is 9.59 Å². The van der Waals surface area contributed by atoms with Crippen molar-refractivity contribution >= 4 is 23.2 Å². The molecule has 7 heteroatoms. The van der Waals surface area contributed by atoms with Gasteiger partial charge in [0, 0.05) is 0 Å². The van der Waals surface area contributed by atoms with E-state index < -0.39 is 18.0 Å². The van der Waals surface area contributed by atoms with Gasteiger partial charge in [-0.25, -0.2) is 10.3 Å². The van der Waals surface area contributed by atoms with Crippen molar-refractivity contribution in [1.29, 1.82) is 0 Å². The highest BCUT2D eigenvalue weighted by Crippen LogP contribution is 2.44. The lowest BCUT2D eigenvalue weighted by molar-refractivity contribution is -0.122. The van der Waals surface area contributed by atoms with Crippen LogP contribution in [0.2, 0.25) is 0 Å². The Morgan fingerprint density at radius 2 is 1.38 bits per heavy atom. The summed E-state index contributed by atoms with van der Waals surface area (Å²) in [5, 5.41) is 1.81. The third-order valence-electron chi connectivity index (χ3n) is 6.05. The van der Waals surface area contributed by atoms with Gasteiger partial charge < -0.3 is 9.47 Å². The van der Waals surface area contributed by atoms with E-state index in [0.717, 1.165) is 11.3 Å². The van der Waals surface area contributed by atoms with Crippen molar-refractivity contribution in [2.75, 3.05) is 24.1 Å². The fourth-order valence-corrected chi connectivity index (χ4v) is 4.57. The number of nitrogens with zero attached hydrogens (tertiary/aromatic N) is 2. The Kier molecular flexibility index (Phi) is 5.03. The second kappa shape index (κ2) is 8.01. The van der Waals surface area contributed by atoms with Crippen LogP contribution in [0.1, 0.15) is 11.6 Å². The minimum atomic E-state index is -0.664. The summed E-state index contributed by atoms with van der Waals surface area (Å²) in [6, 6.07) is 23.1. The Balaban J connectivity index is 1.60. The molecule has 0 saturated carbocycles. The van der Waals surface area contributed by atoms with Crippen molar-refractivity contribution in [2.24, 2.45) is 5.92 Å². The summed E-state index contributed by atoms with van der Waals surface area (Å²) in [7, 11) is 3.15. The number of fused-ring (bicyclic) bond motifs is 1. The smallest absolute Gasteiger partial charge is 0.258 e. The summed E-state index contributed by atoms with van der Waals surface area (Å²) in [5.74, 6) is 0.104. The minimum Gasteiger partial charge on any atom is -0.493 e. The number of hydrogen-bond donors (Lipinski definition) is 1. The van der Waals surface area contributed by atoms with Crippen molar-refractivity contribution < 1.29 is 19.1 Å². The van der Waals surface area contributed by atoms with E-state index in [-0.39, 0.29) is 11.8 Å². The molecule has 7 nitrogen and oxygen atoms in total. The monoisotopic (exact) mass is 429 g/mol. The van der Waals surface area contributed by atoms with Gasteiger partial charge >= 0.3 is 0 Å². The lowest BCUT2D eigenvalue weighted by Gasteiger charge is -2.26. The molecule has 2 aliphatic heterocycles. The molecular formula is C25H23N3O4. The molecule has 2 amide bonds. The van der Waals surface area contributed by atoms with Gasteiger partial charge in [-0.05, 0) is 42.0 Å². The van der Waals surface area contributed by atoms with Crippen LogP contribution < -0.4 is 24.8 Å². The molecule has 2 aliphatic rings. The average Bonchev–Trinajstić information content (AvgIpc) is 3.36. The van der Waals surface area contributed by atoms with Gasteiger partial charge in [0.25, 0.3) is 5.91 Å². The molecule has 5 rings (SSSR count). The SMILES string of the molecule is COc1ccc(C2NN(c3ccccc3)C3C(=O)N(c4ccccc4)C(=O)C23)cc1OC. The highest BCUT2D eigenvalue weighted by Gasteiger charge is 2.59. The second-order valence-electron chi connectivity index (χ2n) is 7.74. The van der Waals surface area contributed by atoms with Crippen molar-refractivity contribution in [1.82, 2.24) is 5.43 Å². The average molecular weight is 429 g/mol. The van der Waals surface area contributed by atoms with E-state index >= 15 is 0 Å². The Morgan fingerprint density at radius 1 is 0.750 bits per heavy atom. The number of hydrogen-bond acceptors (Lipinski definition) is 6. The molecule has 162 valence electrons. The maximum atomic E-state index is 13.6. The van der Waals surface area contributed by atoms with Gasteiger partial charge in [0.2, 0.25) is 5.91 Å². The van der Waals surface area contributed by atoms with Gasteiger partial charge in [0.1, 0.15) is 6.04 Å². The Labute approximate surface area is 186 Å². The molecule has 3 unspecified atom stereocenters. The maximum absolute atomic E-state index is 13.6. The molecule has 0 bridgehead atoms. The van der Waals surface area contributed by atoms with Crippen molar-refractivity contribution in [2.45, 2.75) is 12.1 Å².